The van der Waals surface area contributed by atoms with Crippen LogP contribution in [0, 0.1) is 23.3 Å². The standard InChI is InChI=1S/C9H7F4NO2/c10-4-2-5(11)8(13)7(12)3(4)1-6(14)9(15)16/h2,6H,1,14H2,(H,15,16)/t6-/m0/s1. The smallest absolute Gasteiger partial charge is 0.320 e. The Balaban J connectivity index is 3.14. The van der Waals surface area contributed by atoms with Gasteiger partial charge in [-0.3, -0.25) is 4.79 Å². The fraction of sp³-hybridized carbons (Fsp3) is 0.222. The van der Waals surface area contributed by atoms with Crippen molar-refractivity contribution in [2.24, 2.45) is 5.73 Å². The molecule has 1 atom stereocenters. The van der Waals surface area contributed by atoms with Crippen LogP contribution in [-0.4, -0.2) is 17.1 Å². The number of benzene rings is 1. The second kappa shape index (κ2) is 4.48. The zero-order valence-electron chi connectivity index (χ0n) is 7.81. The molecule has 88 valence electrons. The summed E-state index contributed by atoms with van der Waals surface area (Å²) in [4.78, 5) is 10.3. The normalized spacial score (nSPS) is 12.6. The Kier molecular flexibility index (Phi) is 3.48. The van der Waals surface area contributed by atoms with Crippen molar-refractivity contribution >= 4 is 5.97 Å². The zero-order chi connectivity index (χ0) is 12.5. The van der Waals surface area contributed by atoms with Crippen LogP contribution in [0.4, 0.5) is 17.6 Å². The number of carboxylic acids is 1. The lowest BCUT2D eigenvalue weighted by molar-refractivity contribution is -0.138. The summed E-state index contributed by atoms with van der Waals surface area (Å²) in [5, 5.41) is 8.41. The van der Waals surface area contributed by atoms with E-state index in [1.165, 1.54) is 0 Å². The zero-order valence-corrected chi connectivity index (χ0v) is 7.81. The molecule has 0 bridgehead atoms. The molecule has 16 heavy (non-hydrogen) atoms. The van der Waals surface area contributed by atoms with Gasteiger partial charge in [0.15, 0.2) is 17.5 Å². The summed E-state index contributed by atoms with van der Waals surface area (Å²) < 4.78 is 51.3. The SMILES string of the molecule is N[C@@H](Cc1c(F)cc(F)c(F)c1F)C(=O)O. The van der Waals surface area contributed by atoms with Crippen LogP contribution in [0.5, 0.6) is 0 Å². The maximum atomic E-state index is 13.0. The van der Waals surface area contributed by atoms with E-state index in [0.29, 0.717) is 0 Å². The number of hydrogen-bond donors (Lipinski definition) is 2. The Hall–Kier alpha value is -1.63. The Bertz CT molecular complexity index is 436. The maximum Gasteiger partial charge on any atom is 0.320 e. The van der Waals surface area contributed by atoms with E-state index in [9.17, 15) is 22.4 Å². The summed E-state index contributed by atoms with van der Waals surface area (Å²) in [7, 11) is 0. The summed E-state index contributed by atoms with van der Waals surface area (Å²) in [6.45, 7) is 0. The molecule has 1 aromatic rings. The van der Waals surface area contributed by atoms with Crippen LogP contribution in [0.3, 0.4) is 0 Å². The molecular weight excluding hydrogens is 230 g/mol. The van der Waals surface area contributed by atoms with Crippen LogP contribution in [0.25, 0.3) is 0 Å². The molecule has 3 nitrogen and oxygen atoms in total. The van der Waals surface area contributed by atoms with Crippen LogP contribution in [0.1, 0.15) is 5.56 Å². The first-order chi connectivity index (χ1) is 7.34. The second-order valence-electron chi connectivity index (χ2n) is 3.10. The van der Waals surface area contributed by atoms with Crippen LogP contribution >= 0.6 is 0 Å². The van der Waals surface area contributed by atoms with Gasteiger partial charge in [0.25, 0.3) is 0 Å². The molecule has 0 heterocycles. The molecular formula is C9H7F4NO2. The van der Waals surface area contributed by atoms with Crippen molar-refractivity contribution in [1.82, 2.24) is 0 Å². The quantitative estimate of drug-likeness (QED) is 0.471. The fourth-order valence-corrected chi connectivity index (χ4v) is 1.10. The summed E-state index contributed by atoms with van der Waals surface area (Å²) in [5.74, 6) is -8.15. The van der Waals surface area contributed by atoms with Gasteiger partial charge in [-0.1, -0.05) is 0 Å². The van der Waals surface area contributed by atoms with E-state index in [-0.39, 0.29) is 6.07 Å². The Morgan fingerprint density at radius 2 is 1.81 bits per heavy atom. The highest BCUT2D eigenvalue weighted by Crippen LogP contribution is 2.20. The third-order valence-corrected chi connectivity index (χ3v) is 1.95. The summed E-state index contributed by atoms with van der Waals surface area (Å²) in [6.07, 6.45) is -0.760. The lowest BCUT2D eigenvalue weighted by atomic mass is 10.0. The molecule has 0 aliphatic rings. The third kappa shape index (κ3) is 2.30. The van der Waals surface area contributed by atoms with Gasteiger partial charge in [-0.15, -0.1) is 0 Å². The molecule has 1 aromatic carbocycles. The van der Waals surface area contributed by atoms with Crippen molar-refractivity contribution in [2.45, 2.75) is 12.5 Å². The minimum Gasteiger partial charge on any atom is -0.480 e. The molecule has 1 rings (SSSR count). The van der Waals surface area contributed by atoms with E-state index in [4.69, 9.17) is 10.8 Å². The summed E-state index contributed by atoms with van der Waals surface area (Å²) in [6, 6.07) is -1.45. The monoisotopic (exact) mass is 237 g/mol. The van der Waals surface area contributed by atoms with E-state index in [2.05, 4.69) is 0 Å². The van der Waals surface area contributed by atoms with Crippen LogP contribution in [0.2, 0.25) is 0 Å². The molecule has 0 radical (unpaired) electrons. The van der Waals surface area contributed by atoms with E-state index in [1.54, 1.807) is 0 Å². The van der Waals surface area contributed by atoms with Crippen LogP contribution < -0.4 is 5.73 Å². The first-order valence-corrected chi connectivity index (χ1v) is 4.14. The van der Waals surface area contributed by atoms with Gasteiger partial charge in [-0.05, 0) is 0 Å². The first-order valence-electron chi connectivity index (χ1n) is 4.14. The molecule has 7 heteroatoms. The number of halogens is 4. The van der Waals surface area contributed by atoms with Crippen molar-refractivity contribution in [2.75, 3.05) is 0 Å². The number of carbonyl (C=O) groups is 1. The van der Waals surface area contributed by atoms with Crippen LogP contribution in [0.15, 0.2) is 6.07 Å². The van der Waals surface area contributed by atoms with E-state index in [1.807, 2.05) is 0 Å². The molecule has 0 aliphatic heterocycles. The summed E-state index contributed by atoms with van der Waals surface area (Å²) in [5.41, 5.74) is 4.14. The van der Waals surface area contributed by atoms with Gasteiger partial charge in [-0.25, -0.2) is 17.6 Å². The molecule has 0 aromatic heterocycles. The molecule has 0 unspecified atom stereocenters. The molecule has 0 spiro atoms. The predicted molar refractivity (Wildman–Crippen MR) is 45.6 cm³/mol. The van der Waals surface area contributed by atoms with Crippen molar-refractivity contribution in [1.29, 1.82) is 0 Å². The van der Waals surface area contributed by atoms with Gasteiger partial charge in [0.1, 0.15) is 11.9 Å². The minimum atomic E-state index is -1.85. The number of carboxylic acid groups (broad SMARTS) is 1. The number of rotatable bonds is 3. The lowest BCUT2D eigenvalue weighted by Crippen LogP contribution is -2.33. The Labute approximate surface area is 87.5 Å². The van der Waals surface area contributed by atoms with Gasteiger partial charge >= 0.3 is 5.97 Å². The average molecular weight is 237 g/mol. The fourth-order valence-electron chi connectivity index (χ4n) is 1.10. The molecule has 0 saturated carbocycles. The largest absolute Gasteiger partial charge is 0.480 e. The highest BCUT2D eigenvalue weighted by Gasteiger charge is 2.23. The number of hydrogen-bond acceptors (Lipinski definition) is 2. The highest BCUT2D eigenvalue weighted by atomic mass is 19.2. The van der Waals surface area contributed by atoms with Gasteiger partial charge in [0, 0.05) is 18.1 Å². The Morgan fingerprint density at radius 3 is 2.31 bits per heavy atom. The second-order valence-corrected chi connectivity index (χ2v) is 3.10. The van der Waals surface area contributed by atoms with Gasteiger partial charge in [0.2, 0.25) is 0 Å². The average Bonchev–Trinajstić information content (AvgIpc) is 2.20. The molecule has 0 amide bonds. The number of aliphatic carboxylic acids is 1. The molecule has 0 fully saturated rings. The predicted octanol–water partition coefficient (Wildman–Crippen LogP) is 1.20. The molecule has 0 aliphatic carbocycles. The molecule has 0 saturated heterocycles. The van der Waals surface area contributed by atoms with Gasteiger partial charge in [0.05, 0.1) is 0 Å². The topological polar surface area (TPSA) is 63.3 Å². The first kappa shape index (κ1) is 12.4. The van der Waals surface area contributed by atoms with E-state index >= 15 is 0 Å². The van der Waals surface area contributed by atoms with Crippen molar-refractivity contribution < 1.29 is 27.5 Å². The van der Waals surface area contributed by atoms with E-state index < -0.39 is 47.3 Å². The maximum absolute atomic E-state index is 13.0. The molecule has 3 N–H and O–H groups in total. The summed E-state index contributed by atoms with van der Waals surface area (Å²) >= 11 is 0. The number of nitrogens with two attached hydrogens (primary N) is 1. The van der Waals surface area contributed by atoms with Gasteiger partial charge in [-0.2, -0.15) is 0 Å². The lowest BCUT2D eigenvalue weighted by Gasteiger charge is -2.09. The van der Waals surface area contributed by atoms with Crippen molar-refractivity contribution in [3.63, 3.8) is 0 Å². The van der Waals surface area contributed by atoms with Crippen LogP contribution in [-0.2, 0) is 11.2 Å². The minimum absolute atomic E-state index is 0.141. The third-order valence-electron chi connectivity index (χ3n) is 1.95. The van der Waals surface area contributed by atoms with E-state index in [0.717, 1.165) is 0 Å². The van der Waals surface area contributed by atoms with Gasteiger partial charge < -0.3 is 10.8 Å². The van der Waals surface area contributed by atoms with Crippen molar-refractivity contribution in [3.8, 4) is 0 Å². The highest BCUT2D eigenvalue weighted by molar-refractivity contribution is 5.73. The Morgan fingerprint density at radius 1 is 1.25 bits per heavy atom. The van der Waals surface area contributed by atoms with Crippen molar-refractivity contribution in [3.05, 3.63) is 34.9 Å².